The Balaban J connectivity index is 0. The molecule has 0 saturated carbocycles. The molecule has 0 aliphatic carbocycles. The van der Waals surface area contributed by atoms with Crippen molar-refractivity contribution in [3.63, 3.8) is 0 Å². The van der Waals surface area contributed by atoms with E-state index in [4.69, 9.17) is 0 Å². The van der Waals surface area contributed by atoms with Crippen LogP contribution in [0.2, 0.25) is 0 Å². The van der Waals surface area contributed by atoms with Crippen LogP contribution < -0.4 is 0 Å². The molecule has 0 unspecified atom stereocenters. The monoisotopic (exact) mass is 189 g/mol. The quantitative estimate of drug-likeness (QED) is 0.491. The van der Waals surface area contributed by atoms with E-state index in [-0.39, 0.29) is 57.8 Å². The Hall–Kier alpha value is 1.52. The third kappa shape index (κ3) is 9.68. The SMILES string of the molecule is C.[Co].[Fe].[Ni]. The molecule has 0 saturated heterocycles. The zero-order valence-electron chi connectivity index (χ0n) is 1.00. The Morgan fingerprint density at radius 3 is 1.00 bits per heavy atom. The van der Waals surface area contributed by atoms with Crippen molar-refractivity contribution in [3.8, 4) is 0 Å². The van der Waals surface area contributed by atoms with Crippen molar-refractivity contribution in [1.29, 1.82) is 0 Å². The molecular formula is CH4CoFeNi. The van der Waals surface area contributed by atoms with Crippen LogP contribution in [0.5, 0.6) is 0 Å². The van der Waals surface area contributed by atoms with Gasteiger partial charge in [0.05, 0.1) is 0 Å². The molecule has 0 nitrogen and oxygen atoms in total. The summed E-state index contributed by atoms with van der Waals surface area (Å²) in [5.41, 5.74) is 0. The average Bonchev–Trinajstić information content (AvgIpc) is 0. The zero-order valence-corrected chi connectivity index (χ0v) is 4.14. The smallest absolute Gasteiger partial charge is 0 e. The molecule has 0 bridgehead atoms. The normalized spacial score (nSPS) is 0. The predicted octanol–water partition coefficient (Wildman–Crippen LogP) is 0.629. The zero-order chi connectivity index (χ0) is 0. The van der Waals surface area contributed by atoms with Gasteiger partial charge in [0.25, 0.3) is 0 Å². The summed E-state index contributed by atoms with van der Waals surface area (Å²) in [5, 5.41) is 0. The predicted molar refractivity (Wildman–Crippen MR) is 6.73 cm³/mol. The molecule has 0 fully saturated rings. The molecule has 4 heavy (non-hydrogen) atoms. The summed E-state index contributed by atoms with van der Waals surface area (Å²) in [7, 11) is 0. The number of rotatable bonds is 0. The van der Waals surface area contributed by atoms with Crippen LogP contribution in [0.25, 0.3) is 0 Å². The summed E-state index contributed by atoms with van der Waals surface area (Å²) in [4.78, 5) is 0. The first-order chi connectivity index (χ1) is 0. The van der Waals surface area contributed by atoms with E-state index in [1.54, 1.807) is 0 Å². The van der Waals surface area contributed by atoms with Crippen molar-refractivity contribution in [2.24, 2.45) is 0 Å². The Morgan fingerprint density at radius 2 is 1.00 bits per heavy atom. The fourth-order valence-corrected chi connectivity index (χ4v) is 0. The molecule has 0 aliphatic heterocycles. The van der Waals surface area contributed by atoms with Crippen LogP contribution in [-0.4, -0.2) is 0 Å². The van der Waals surface area contributed by atoms with Crippen LogP contribution in [0.3, 0.4) is 0 Å². The van der Waals surface area contributed by atoms with Gasteiger partial charge in [-0.05, 0) is 0 Å². The van der Waals surface area contributed by atoms with Crippen molar-refractivity contribution in [1.82, 2.24) is 0 Å². The van der Waals surface area contributed by atoms with E-state index in [1.807, 2.05) is 0 Å². The van der Waals surface area contributed by atoms with Gasteiger partial charge in [0.2, 0.25) is 0 Å². The van der Waals surface area contributed by atoms with Crippen LogP contribution in [-0.2, 0) is 50.3 Å². The molecule has 0 aromatic carbocycles. The third-order valence-corrected chi connectivity index (χ3v) is 0. The van der Waals surface area contributed by atoms with E-state index in [1.165, 1.54) is 0 Å². The molecule has 0 heterocycles. The second-order valence-corrected chi connectivity index (χ2v) is 0. The Morgan fingerprint density at radius 1 is 1.00 bits per heavy atom. The fraction of sp³-hybridized carbons (Fsp3) is 1.00. The first kappa shape index (κ1) is 48.8. The van der Waals surface area contributed by atoms with Crippen molar-refractivity contribution in [3.05, 3.63) is 0 Å². The molecule has 1 radical (unpaired) electrons. The third-order valence-electron chi connectivity index (χ3n) is 0. The minimum atomic E-state index is 0. The first-order valence-corrected chi connectivity index (χ1v) is 0. The summed E-state index contributed by atoms with van der Waals surface area (Å²) < 4.78 is 0. The second kappa shape index (κ2) is 24.2. The van der Waals surface area contributed by atoms with Gasteiger partial charge >= 0.3 is 0 Å². The van der Waals surface area contributed by atoms with Gasteiger partial charge in [-0.15, -0.1) is 0 Å². The topological polar surface area (TPSA) is 0 Å². The summed E-state index contributed by atoms with van der Waals surface area (Å²) in [6, 6.07) is 0. The molecule has 0 N–H and O–H groups in total. The molecule has 35 valence electrons. The Kier molecular flexibility index (Phi) is 296. The van der Waals surface area contributed by atoms with Crippen LogP contribution in [0.1, 0.15) is 7.43 Å². The molecule has 0 atom stereocenters. The van der Waals surface area contributed by atoms with Gasteiger partial charge in [-0.3, -0.25) is 0 Å². The molecule has 3 heteroatoms. The molecular weight excluding hydrogens is 185 g/mol. The Labute approximate surface area is 57.7 Å². The van der Waals surface area contributed by atoms with Gasteiger partial charge in [-0.2, -0.15) is 0 Å². The largest absolute Gasteiger partial charge is 0.0776 e. The molecule has 0 spiro atoms. The maximum Gasteiger partial charge on any atom is 0 e. The van der Waals surface area contributed by atoms with Crippen LogP contribution >= 0.6 is 0 Å². The Bertz CT molecular complexity index is 8.00. The van der Waals surface area contributed by atoms with Gasteiger partial charge in [-0.1, -0.05) is 7.43 Å². The van der Waals surface area contributed by atoms with Crippen molar-refractivity contribution in [2.45, 2.75) is 7.43 Å². The van der Waals surface area contributed by atoms with Crippen molar-refractivity contribution in [2.75, 3.05) is 0 Å². The van der Waals surface area contributed by atoms with Crippen LogP contribution in [0.15, 0.2) is 0 Å². The minimum Gasteiger partial charge on any atom is -0.0776 e. The fourth-order valence-electron chi connectivity index (χ4n) is 0. The van der Waals surface area contributed by atoms with Gasteiger partial charge in [0, 0.05) is 50.3 Å². The molecule has 0 aromatic rings. The van der Waals surface area contributed by atoms with E-state index in [0.717, 1.165) is 0 Å². The second-order valence-electron chi connectivity index (χ2n) is 0. The van der Waals surface area contributed by atoms with Crippen LogP contribution in [0.4, 0.5) is 0 Å². The molecule has 0 amide bonds. The van der Waals surface area contributed by atoms with Gasteiger partial charge < -0.3 is 0 Å². The van der Waals surface area contributed by atoms with Crippen molar-refractivity contribution < 1.29 is 50.3 Å². The molecule has 0 aromatic heterocycles. The minimum absolute atomic E-state index is 0. The van der Waals surface area contributed by atoms with E-state index in [0.29, 0.717) is 0 Å². The standard InChI is InChI=1S/CH4.Co.Fe.Ni/h1H4;;;. The summed E-state index contributed by atoms with van der Waals surface area (Å²) in [5.74, 6) is 0. The van der Waals surface area contributed by atoms with E-state index in [2.05, 4.69) is 0 Å². The molecule has 0 aliphatic rings. The summed E-state index contributed by atoms with van der Waals surface area (Å²) in [6.07, 6.45) is 0. The van der Waals surface area contributed by atoms with E-state index < -0.39 is 0 Å². The van der Waals surface area contributed by atoms with Gasteiger partial charge in [0.1, 0.15) is 0 Å². The van der Waals surface area contributed by atoms with Crippen molar-refractivity contribution >= 4 is 0 Å². The van der Waals surface area contributed by atoms with Gasteiger partial charge in [0.15, 0.2) is 0 Å². The summed E-state index contributed by atoms with van der Waals surface area (Å²) in [6.45, 7) is 0. The van der Waals surface area contributed by atoms with Gasteiger partial charge in [-0.25, -0.2) is 0 Å². The first-order valence-electron chi connectivity index (χ1n) is 0. The number of hydrogen-bond donors (Lipinski definition) is 0. The molecule has 0 rings (SSSR count). The van der Waals surface area contributed by atoms with Crippen LogP contribution in [0, 0.1) is 0 Å². The maximum absolute atomic E-state index is 0. The average molecular weight is 190 g/mol. The number of hydrogen-bond acceptors (Lipinski definition) is 0. The maximum atomic E-state index is 0. The van der Waals surface area contributed by atoms with E-state index in [9.17, 15) is 0 Å². The van der Waals surface area contributed by atoms with E-state index >= 15 is 0 Å². The summed E-state index contributed by atoms with van der Waals surface area (Å²) >= 11 is 0.